The van der Waals surface area contributed by atoms with Gasteiger partial charge in [0.15, 0.2) is 5.13 Å². The van der Waals surface area contributed by atoms with Crippen molar-refractivity contribution in [1.82, 2.24) is 10.3 Å². The Morgan fingerprint density at radius 2 is 2.00 bits per heavy atom. The molecule has 0 aliphatic heterocycles. The molecule has 2 N–H and O–H groups in total. The summed E-state index contributed by atoms with van der Waals surface area (Å²) in [7, 11) is 1.47. The number of ether oxygens (including phenoxy) is 1. The van der Waals surface area contributed by atoms with E-state index in [1.54, 1.807) is 0 Å². The minimum Gasteiger partial charge on any atom is -0.375 e. The SMILES string of the molecule is COCC(=O)Nc1nc(-c2ccc(CNC(C)=O)cc2)cs1. The molecule has 2 rings (SSSR count). The van der Waals surface area contributed by atoms with Crippen molar-refractivity contribution < 1.29 is 14.3 Å². The molecule has 0 saturated heterocycles. The molecule has 2 aromatic rings. The third-order valence-electron chi connectivity index (χ3n) is 2.82. The van der Waals surface area contributed by atoms with Crippen LogP contribution in [0.1, 0.15) is 12.5 Å². The predicted octanol–water partition coefficient (Wildman–Crippen LogP) is 2.03. The zero-order valence-corrected chi connectivity index (χ0v) is 13.2. The highest BCUT2D eigenvalue weighted by atomic mass is 32.1. The lowest BCUT2D eigenvalue weighted by atomic mass is 10.1. The van der Waals surface area contributed by atoms with E-state index in [2.05, 4.69) is 15.6 Å². The first-order valence-electron chi connectivity index (χ1n) is 6.66. The van der Waals surface area contributed by atoms with Crippen LogP contribution < -0.4 is 10.6 Å². The molecule has 116 valence electrons. The molecule has 1 aromatic carbocycles. The number of anilines is 1. The van der Waals surface area contributed by atoms with Crippen LogP contribution in [0.4, 0.5) is 5.13 Å². The quantitative estimate of drug-likeness (QED) is 0.854. The van der Waals surface area contributed by atoms with Gasteiger partial charge >= 0.3 is 0 Å². The minimum absolute atomic E-state index is 0.00671. The summed E-state index contributed by atoms with van der Waals surface area (Å²) in [6.45, 7) is 2.00. The highest BCUT2D eigenvalue weighted by Crippen LogP contribution is 2.25. The number of methoxy groups -OCH3 is 1. The maximum atomic E-state index is 11.4. The number of hydrogen-bond acceptors (Lipinski definition) is 5. The third-order valence-corrected chi connectivity index (χ3v) is 3.57. The van der Waals surface area contributed by atoms with Crippen LogP contribution in [-0.2, 0) is 20.9 Å². The van der Waals surface area contributed by atoms with Gasteiger partial charge in [0.05, 0.1) is 5.69 Å². The van der Waals surface area contributed by atoms with Crippen molar-refractivity contribution in [2.45, 2.75) is 13.5 Å². The normalized spacial score (nSPS) is 10.3. The van der Waals surface area contributed by atoms with Crippen molar-refractivity contribution >= 4 is 28.3 Å². The molecule has 0 aliphatic rings. The summed E-state index contributed by atoms with van der Waals surface area (Å²) in [5.41, 5.74) is 2.77. The maximum Gasteiger partial charge on any atom is 0.252 e. The number of aromatic nitrogens is 1. The number of carbonyl (C=O) groups excluding carboxylic acids is 2. The molecule has 0 unspecified atom stereocenters. The van der Waals surface area contributed by atoms with Gasteiger partial charge in [-0.2, -0.15) is 0 Å². The van der Waals surface area contributed by atoms with Gasteiger partial charge in [0, 0.05) is 31.5 Å². The van der Waals surface area contributed by atoms with E-state index < -0.39 is 0 Å². The van der Waals surface area contributed by atoms with Gasteiger partial charge in [0.2, 0.25) is 5.91 Å². The van der Waals surface area contributed by atoms with Gasteiger partial charge in [0.25, 0.3) is 5.91 Å². The number of thiazole rings is 1. The van der Waals surface area contributed by atoms with Crippen molar-refractivity contribution in [2.24, 2.45) is 0 Å². The minimum atomic E-state index is -0.228. The van der Waals surface area contributed by atoms with Crippen LogP contribution in [0.25, 0.3) is 11.3 Å². The molecular formula is C15H17N3O3S. The fraction of sp³-hybridized carbons (Fsp3) is 0.267. The summed E-state index contributed by atoms with van der Waals surface area (Å²) in [5, 5.41) is 7.84. The zero-order valence-electron chi connectivity index (χ0n) is 12.4. The average Bonchev–Trinajstić information content (AvgIpc) is 2.94. The highest BCUT2D eigenvalue weighted by Gasteiger charge is 2.08. The molecule has 0 spiro atoms. The molecule has 1 heterocycles. The number of nitrogens with one attached hydrogen (secondary N) is 2. The van der Waals surface area contributed by atoms with E-state index in [9.17, 15) is 9.59 Å². The first-order valence-corrected chi connectivity index (χ1v) is 7.54. The van der Waals surface area contributed by atoms with Crippen LogP contribution in [0.5, 0.6) is 0 Å². The maximum absolute atomic E-state index is 11.4. The van der Waals surface area contributed by atoms with E-state index in [1.165, 1.54) is 25.4 Å². The van der Waals surface area contributed by atoms with Crippen molar-refractivity contribution in [3.05, 3.63) is 35.2 Å². The van der Waals surface area contributed by atoms with Crippen LogP contribution >= 0.6 is 11.3 Å². The summed E-state index contributed by atoms with van der Waals surface area (Å²) < 4.78 is 4.76. The number of amides is 2. The Morgan fingerprint density at radius 3 is 2.64 bits per heavy atom. The molecule has 0 radical (unpaired) electrons. The number of nitrogens with zero attached hydrogens (tertiary/aromatic N) is 1. The fourth-order valence-electron chi connectivity index (χ4n) is 1.77. The number of rotatable bonds is 6. The second-order valence-electron chi connectivity index (χ2n) is 4.63. The molecule has 7 heteroatoms. The zero-order chi connectivity index (χ0) is 15.9. The Bertz CT molecular complexity index is 652. The Labute approximate surface area is 132 Å². The van der Waals surface area contributed by atoms with E-state index in [0.717, 1.165) is 16.8 Å². The van der Waals surface area contributed by atoms with Gasteiger partial charge in [-0.3, -0.25) is 14.9 Å². The van der Waals surface area contributed by atoms with Crippen molar-refractivity contribution in [3.8, 4) is 11.3 Å². The Kier molecular flexibility index (Phi) is 5.62. The van der Waals surface area contributed by atoms with Crippen LogP contribution in [0.2, 0.25) is 0 Å². The van der Waals surface area contributed by atoms with E-state index >= 15 is 0 Å². The van der Waals surface area contributed by atoms with Crippen molar-refractivity contribution in [1.29, 1.82) is 0 Å². The molecule has 2 amide bonds. The number of carbonyl (C=O) groups is 2. The van der Waals surface area contributed by atoms with Crippen LogP contribution in [-0.4, -0.2) is 30.5 Å². The van der Waals surface area contributed by atoms with Crippen LogP contribution in [0.3, 0.4) is 0 Å². The van der Waals surface area contributed by atoms with E-state index in [-0.39, 0.29) is 18.4 Å². The Morgan fingerprint density at radius 1 is 1.27 bits per heavy atom. The molecule has 0 fully saturated rings. The molecule has 6 nitrogen and oxygen atoms in total. The van der Waals surface area contributed by atoms with Gasteiger partial charge in [-0.15, -0.1) is 11.3 Å². The van der Waals surface area contributed by atoms with Gasteiger partial charge < -0.3 is 10.1 Å². The first-order chi connectivity index (χ1) is 10.6. The van der Waals surface area contributed by atoms with Crippen molar-refractivity contribution in [2.75, 3.05) is 19.0 Å². The summed E-state index contributed by atoms with van der Waals surface area (Å²) in [5.74, 6) is -0.283. The van der Waals surface area contributed by atoms with Crippen molar-refractivity contribution in [3.63, 3.8) is 0 Å². The summed E-state index contributed by atoms with van der Waals surface area (Å²) in [6, 6.07) is 7.75. The van der Waals surface area contributed by atoms with Gasteiger partial charge in [-0.1, -0.05) is 24.3 Å². The molecule has 0 atom stereocenters. The van der Waals surface area contributed by atoms with E-state index in [4.69, 9.17) is 4.74 Å². The number of hydrogen-bond donors (Lipinski definition) is 2. The molecule has 22 heavy (non-hydrogen) atoms. The molecular weight excluding hydrogens is 302 g/mol. The fourth-order valence-corrected chi connectivity index (χ4v) is 2.51. The summed E-state index contributed by atoms with van der Waals surface area (Å²) in [6.07, 6.45) is 0. The van der Waals surface area contributed by atoms with Gasteiger partial charge in [-0.05, 0) is 5.56 Å². The van der Waals surface area contributed by atoms with E-state index in [1.807, 2.05) is 29.6 Å². The second kappa shape index (κ2) is 7.67. The lowest BCUT2D eigenvalue weighted by Crippen LogP contribution is -2.18. The van der Waals surface area contributed by atoms with Crippen LogP contribution in [0, 0.1) is 0 Å². The highest BCUT2D eigenvalue weighted by molar-refractivity contribution is 7.14. The smallest absolute Gasteiger partial charge is 0.252 e. The van der Waals surface area contributed by atoms with Gasteiger partial charge in [-0.25, -0.2) is 4.98 Å². The number of benzene rings is 1. The average molecular weight is 319 g/mol. The summed E-state index contributed by atoms with van der Waals surface area (Å²) >= 11 is 1.36. The lowest BCUT2D eigenvalue weighted by Gasteiger charge is -2.03. The Balaban J connectivity index is 2.01. The largest absolute Gasteiger partial charge is 0.375 e. The standard InChI is InChI=1S/C15H17N3O3S/c1-10(19)16-7-11-3-5-12(6-4-11)13-9-22-15(17-13)18-14(20)8-21-2/h3-6,9H,7-8H2,1-2H3,(H,16,19)(H,17,18,20). The molecule has 0 saturated carbocycles. The molecule has 0 bridgehead atoms. The first kappa shape index (κ1) is 16.1. The third kappa shape index (κ3) is 4.64. The Hall–Kier alpha value is -2.25. The predicted molar refractivity (Wildman–Crippen MR) is 85.6 cm³/mol. The van der Waals surface area contributed by atoms with Crippen LogP contribution in [0.15, 0.2) is 29.6 Å². The lowest BCUT2D eigenvalue weighted by molar-refractivity contribution is -0.120. The molecule has 1 aromatic heterocycles. The summed E-state index contributed by atoms with van der Waals surface area (Å²) in [4.78, 5) is 26.7. The van der Waals surface area contributed by atoms with Gasteiger partial charge in [0.1, 0.15) is 6.61 Å². The molecule has 0 aliphatic carbocycles. The van der Waals surface area contributed by atoms with E-state index in [0.29, 0.717) is 11.7 Å². The monoisotopic (exact) mass is 319 g/mol. The second-order valence-corrected chi connectivity index (χ2v) is 5.48. The topological polar surface area (TPSA) is 80.3 Å².